The van der Waals surface area contributed by atoms with Gasteiger partial charge in [0.25, 0.3) is 0 Å². The molecule has 2 unspecified atom stereocenters. The average molecular weight is 237 g/mol. The summed E-state index contributed by atoms with van der Waals surface area (Å²) in [6.07, 6.45) is 2.48. The lowest BCUT2D eigenvalue weighted by atomic mass is 9.71. The molecule has 0 amide bonds. The normalized spacial score (nSPS) is 30.6. The third kappa shape index (κ3) is 2.33. The standard InChI is InChI=1S/C13H23N3O/c1-15(2)12(13(8-14)9-17-10-13)11-5-4-6-16(3)7-11/h11-12H,4-7,9-10H2,1-3H3. The van der Waals surface area contributed by atoms with Gasteiger partial charge in [-0.3, -0.25) is 0 Å². The van der Waals surface area contributed by atoms with Crippen molar-refractivity contribution in [1.82, 2.24) is 9.80 Å². The number of rotatable bonds is 3. The van der Waals surface area contributed by atoms with Crippen LogP contribution in [0.15, 0.2) is 0 Å². The fourth-order valence-electron chi connectivity index (χ4n) is 3.45. The maximum Gasteiger partial charge on any atom is 0.119 e. The highest BCUT2D eigenvalue weighted by atomic mass is 16.5. The van der Waals surface area contributed by atoms with Gasteiger partial charge in [0.05, 0.1) is 19.3 Å². The van der Waals surface area contributed by atoms with E-state index in [1.165, 1.54) is 19.4 Å². The first-order valence-electron chi connectivity index (χ1n) is 6.43. The van der Waals surface area contributed by atoms with Gasteiger partial charge in [0.1, 0.15) is 5.41 Å². The molecule has 0 radical (unpaired) electrons. The number of hydrogen-bond donors (Lipinski definition) is 0. The molecular weight excluding hydrogens is 214 g/mol. The molecule has 0 aromatic rings. The molecule has 4 heteroatoms. The molecule has 2 rings (SSSR count). The lowest BCUT2D eigenvalue weighted by Crippen LogP contribution is -2.60. The van der Waals surface area contributed by atoms with Crippen LogP contribution in [0.3, 0.4) is 0 Å². The van der Waals surface area contributed by atoms with E-state index >= 15 is 0 Å². The Morgan fingerprint density at radius 2 is 2.18 bits per heavy atom. The SMILES string of the molecule is CN1CCCC(C(N(C)C)C2(C#N)COC2)C1. The van der Waals surface area contributed by atoms with Crippen LogP contribution < -0.4 is 0 Å². The van der Waals surface area contributed by atoms with Gasteiger partial charge >= 0.3 is 0 Å². The quantitative estimate of drug-likeness (QED) is 0.728. The van der Waals surface area contributed by atoms with Crippen molar-refractivity contribution in [3.63, 3.8) is 0 Å². The third-order valence-electron chi connectivity index (χ3n) is 4.17. The second-order valence-corrected chi connectivity index (χ2v) is 5.83. The average Bonchev–Trinajstić information content (AvgIpc) is 2.22. The van der Waals surface area contributed by atoms with Gasteiger partial charge in [0.2, 0.25) is 0 Å². The molecule has 2 fully saturated rings. The third-order valence-corrected chi connectivity index (χ3v) is 4.17. The van der Waals surface area contributed by atoms with Crippen LogP contribution in [0.25, 0.3) is 0 Å². The molecule has 0 aromatic heterocycles. The van der Waals surface area contributed by atoms with Gasteiger partial charge in [-0.05, 0) is 46.4 Å². The lowest BCUT2D eigenvalue weighted by Gasteiger charge is -2.49. The Labute approximate surface area is 104 Å². The van der Waals surface area contributed by atoms with Gasteiger partial charge < -0.3 is 14.5 Å². The molecular formula is C13H23N3O. The van der Waals surface area contributed by atoms with Gasteiger partial charge in [-0.25, -0.2) is 0 Å². The lowest BCUT2D eigenvalue weighted by molar-refractivity contribution is -0.131. The summed E-state index contributed by atoms with van der Waals surface area (Å²) in [6.45, 7) is 3.50. The van der Waals surface area contributed by atoms with Crippen LogP contribution in [0, 0.1) is 22.7 Å². The molecule has 2 aliphatic heterocycles. The minimum atomic E-state index is -0.271. The van der Waals surface area contributed by atoms with Crippen molar-refractivity contribution in [2.24, 2.45) is 11.3 Å². The Morgan fingerprint density at radius 1 is 1.47 bits per heavy atom. The summed E-state index contributed by atoms with van der Waals surface area (Å²) >= 11 is 0. The van der Waals surface area contributed by atoms with Crippen LogP contribution in [0.2, 0.25) is 0 Å². The molecule has 2 atom stereocenters. The zero-order valence-electron chi connectivity index (χ0n) is 11.1. The number of nitriles is 1. The number of ether oxygens (including phenoxy) is 1. The van der Waals surface area contributed by atoms with Crippen molar-refractivity contribution in [2.45, 2.75) is 18.9 Å². The van der Waals surface area contributed by atoms with Gasteiger partial charge in [0, 0.05) is 12.6 Å². The van der Waals surface area contributed by atoms with E-state index < -0.39 is 0 Å². The predicted molar refractivity (Wildman–Crippen MR) is 66.6 cm³/mol. The molecule has 2 saturated heterocycles. The maximum atomic E-state index is 9.48. The first-order valence-corrected chi connectivity index (χ1v) is 6.43. The Kier molecular flexibility index (Phi) is 3.72. The molecule has 0 aliphatic carbocycles. The Balaban J connectivity index is 2.14. The molecule has 96 valence electrons. The summed E-state index contributed by atoms with van der Waals surface area (Å²) in [5.74, 6) is 0.590. The van der Waals surface area contributed by atoms with E-state index in [2.05, 4.69) is 37.0 Å². The first kappa shape index (κ1) is 12.8. The molecule has 0 N–H and O–H groups in total. The van der Waals surface area contributed by atoms with Crippen molar-refractivity contribution in [3.8, 4) is 6.07 Å². The van der Waals surface area contributed by atoms with E-state index in [0.717, 1.165) is 6.54 Å². The summed E-state index contributed by atoms with van der Waals surface area (Å²) in [7, 11) is 6.36. The molecule has 0 saturated carbocycles. The van der Waals surface area contributed by atoms with Gasteiger partial charge in [-0.15, -0.1) is 0 Å². The fourth-order valence-corrected chi connectivity index (χ4v) is 3.45. The van der Waals surface area contributed by atoms with E-state index in [4.69, 9.17) is 4.74 Å². The topological polar surface area (TPSA) is 39.5 Å². The smallest absolute Gasteiger partial charge is 0.119 e. The molecule has 4 nitrogen and oxygen atoms in total. The first-order chi connectivity index (χ1) is 8.09. The van der Waals surface area contributed by atoms with Crippen LogP contribution >= 0.6 is 0 Å². The Bertz CT molecular complexity index is 306. The highest BCUT2D eigenvalue weighted by Crippen LogP contribution is 2.39. The van der Waals surface area contributed by atoms with Crippen molar-refractivity contribution in [1.29, 1.82) is 5.26 Å². The number of likely N-dealkylation sites (tertiary alicyclic amines) is 1. The maximum absolute atomic E-state index is 9.48. The van der Waals surface area contributed by atoms with E-state index in [1.54, 1.807) is 0 Å². The van der Waals surface area contributed by atoms with Crippen LogP contribution in [0.4, 0.5) is 0 Å². The largest absolute Gasteiger partial charge is 0.378 e. The minimum absolute atomic E-state index is 0.271. The summed E-state index contributed by atoms with van der Waals surface area (Å²) in [6, 6.07) is 2.85. The van der Waals surface area contributed by atoms with E-state index in [9.17, 15) is 5.26 Å². The van der Waals surface area contributed by atoms with Crippen LogP contribution in [0.1, 0.15) is 12.8 Å². The van der Waals surface area contributed by atoms with Crippen molar-refractivity contribution >= 4 is 0 Å². The van der Waals surface area contributed by atoms with Crippen molar-refractivity contribution in [2.75, 3.05) is 47.4 Å². The second kappa shape index (κ2) is 4.93. The van der Waals surface area contributed by atoms with Crippen molar-refractivity contribution in [3.05, 3.63) is 0 Å². The van der Waals surface area contributed by atoms with Crippen LogP contribution in [0.5, 0.6) is 0 Å². The molecule has 17 heavy (non-hydrogen) atoms. The molecule has 0 bridgehead atoms. The summed E-state index contributed by atoms with van der Waals surface area (Å²) in [5.41, 5.74) is -0.271. The van der Waals surface area contributed by atoms with Gasteiger partial charge in [-0.1, -0.05) is 0 Å². The summed E-state index contributed by atoms with van der Waals surface area (Å²) in [5, 5.41) is 9.48. The van der Waals surface area contributed by atoms with Gasteiger partial charge in [0.15, 0.2) is 0 Å². The molecule has 2 heterocycles. The van der Waals surface area contributed by atoms with E-state index in [-0.39, 0.29) is 5.41 Å². The monoisotopic (exact) mass is 237 g/mol. The van der Waals surface area contributed by atoms with Crippen LogP contribution in [-0.2, 0) is 4.74 Å². The van der Waals surface area contributed by atoms with E-state index in [0.29, 0.717) is 25.2 Å². The molecule has 2 aliphatic rings. The number of hydrogen-bond acceptors (Lipinski definition) is 4. The van der Waals surface area contributed by atoms with Crippen LogP contribution in [-0.4, -0.2) is 63.3 Å². The summed E-state index contributed by atoms with van der Waals surface area (Å²) < 4.78 is 5.32. The zero-order valence-corrected chi connectivity index (χ0v) is 11.1. The highest BCUT2D eigenvalue weighted by Gasteiger charge is 2.50. The summed E-state index contributed by atoms with van der Waals surface area (Å²) in [4.78, 5) is 4.62. The Morgan fingerprint density at radius 3 is 2.59 bits per heavy atom. The highest BCUT2D eigenvalue weighted by molar-refractivity contribution is 5.12. The number of nitrogens with zero attached hydrogens (tertiary/aromatic N) is 3. The zero-order chi connectivity index (χ0) is 12.5. The fraction of sp³-hybridized carbons (Fsp3) is 0.923. The molecule has 0 aromatic carbocycles. The Hall–Kier alpha value is -0.630. The van der Waals surface area contributed by atoms with Crippen molar-refractivity contribution < 1.29 is 4.74 Å². The van der Waals surface area contributed by atoms with Gasteiger partial charge in [-0.2, -0.15) is 5.26 Å². The van der Waals surface area contributed by atoms with E-state index in [1.807, 2.05) is 0 Å². The number of piperidine rings is 1. The predicted octanol–water partition coefficient (Wildman–Crippen LogP) is 0.799. The molecule has 0 spiro atoms. The minimum Gasteiger partial charge on any atom is -0.378 e. The second-order valence-electron chi connectivity index (χ2n) is 5.83.